The maximum absolute atomic E-state index is 12.5. The number of carboxylic acids is 1. The zero-order valence-electron chi connectivity index (χ0n) is 11.9. The van der Waals surface area contributed by atoms with Crippen molar-refractivity contribution in [1.82, 2.24) is 9.80 Å². The highest BCUT2D eigenvalue weighted by Gasteiger charge is 2.35. The molecular formula is C14H22N2O4. The Hall–Kier alpha value is -1.56. The highest BCUT2D eigenvalue weighted by molar-refractivity contribution is 5.76. The Kier molecular flexibility index (Phi) is 5.00. The van der Waals surface area contributed by atoms with Gasteiger partial charge in [0.2, 0.25) is 0 Å². The largest absolute Gasteiger partial charge is 0.481 e. The normalized spacial score (nSPS) is 18.6. The van der Waals surface area contributed by atoms with E-state index in [1.54, 1.807) is 16.9 Å². The molecule has 1 aliphatic heterocycles. The summed E-state index contributed by atoms with van der Waals surface area (Å²) in [5, 5.41) is 8.78. The quantitative estimate of drug-likeness (QED) is 0.746. The molecule has 2 aliphatic rings. The fourth-order valence-corrected chi connectivity index (χ4v) is 2.42. The fourth-order valence-electron chi connectivity index (χ4n) is 2.42. The van der Waals surface area contributed by atoms with Crippen LogP contribution in [0.4, 0.5) is 4.79 Å². The van der Waals surface area contributed by atoms with Crippen molar-refractivity contribution in [3.05, 3.63) is 11.6 Å². The average Bonchev–Trinajstić information content (AvgIpc) is 3.24. The maximum Gasteiger partial charge on any atom is 0.320 e. The van der Waals surface area contributed by atoms with Crippen LogP contribution < -0.4 is 0 Å². The molecule has 6 heteroatoms. The molecule has 2 rings (SSSR count). The van der Waals surface area contributed by atoms with Gasteiger partial charge in [-0.15, -0.1) is 0 Å². The van der Waals surface area contributed by atoms with Crippen molar-refractivity contribution < 1.29 is 19.4 Å². The lowest BCUT2D eigenvalue weighted by Gasteiger charge is -2.32. The van der Waals surface area contributed by atoms with Crippen LogP contribution in [0.5, 0.6) is 0 Å². The molecule has 0 bridgehead atoms. The van der Waals surface area contributed by atoms with E-state index < -0.39 is 5.97 Å². The number of ether oxygens (including phenoxy) is 1. The number of amides is 2. The van der Waals surface area contributed by atoms with Crippen LogP contribution in [0.1, 0.15) is 25.7 Å². The Labute approximate surface area is 119 Å². The summed E-state index contributed by atoms with van der Waals surface area (Å²) in [5.41, 5.74) is 1.22. The highest BCUT2D eigenvalue weighted by Crippen LogP contribution is 2.28. The molecule has 0 spiro atoms. The summed E-state index contributed by atoms with van der Waals surface area (Å²) in [4.78, 5) is 26.7. The SMILES string of the molecule is COCC1=CCN(C(=O)N(CCC(=O)O)C2CC2)CC1. The number of urea groups is 1. The first kappa shape index (κ1) is 14.8. The van der Waals surface area contributed by atoms with Gasteiger partial charge in [-0.05, 0) is 24.8 Å². The molecule has 20 heavy (non-hydrogen) atoms. The topological polar surface area (TPSA) is 70.1 Å². The van der Waals surface area contributed by atoms with Gasteiger partial charge in [-0.25, -0.2) is 4.79 Å². The third-order valence-electron chi connectivity index (χ3n) is 3.70. The van der Waals surface area contributed by atoms with Crippen LogP contribution in [-0.4, -0.2) is 66.3 Å². The van der Waals surface area contributed by atoms with Gasteiger partial charge in [0.25, 0.3) is 0 Å². The van der Waals surface area contributed by atoms with E-state index in [4.69, 9.17) is 9.84 Å². The number of carbonyl (C=O) groups is 2. The minimum atomic E-state index is -0.857. The molecule has 112 valence electrons. The van der Waals surface area contributed by atoms with Crippen LogP contribution in [0.15, 0.2) is 11.6 Å². The minimum Gasteiger partial charge on any atom is -0.481 e. The lowest BCUT2D eigenvalue weighted by Crippen LogP contribution is -2.46. The molecule has 1 N–H and O–H groups in total. The van der Waals surface area contributed by atoms with E-state index in [2.05, 4.69) is 0 Å². The van der Waals surface area contributed by atoms with Gasteiger partial charge in [0, 0.05) is 32.8 Å². The van der Waals surface area contributed by atoms with Gasteiger partial charge >= 0.3 is 12.0 Å². The van der Waals surface area contributed by atoms with Crippen molar-refractivity contribution in [1.29, 1.82) is 0 Å². The van der Waals surface area contributed by atoms with E-state index in [0.29, 0.717) is 26.2 Å². The summed E-state index contributed by atoms with van der Waals surface area (Å²) < 4.78 is 5.09. The molecule has 0 atom stereocenters. The molecule has 0 aromatic heterocycles. The number of nitrogens with zero attached hydrogens (tertiary/aromatic N) is 2. The standard InChI is InChI=1S/C14H22N2O4/c1-20-10-11-4-7-15(8-5-11)14(19)16(12-2-3-12)9-6-13(17)18/h4,12H,2-3,5-10H2,1H3,(H,17,18). The third-order valence-corrected chi connectivity index (χ3v) is 3.70. The van der Waals surface area contributed by atoms with Gasteiger partial charge in [0.15, 0.2) is 0 Å². The predicted octanol–water partition coefficient (Wildman–Crippen LogP) is 1.32. The van der Waals surface area contributed by atoms with Crippen molar-refractivity contribution >= 4 is 12.0 Å². The van der Waals surface area contributed by atoms with Crippen molar-refractivity contribution in [2.45, 2.75) is 31.7 Å². The van der Waals surface area contributed by atoms with Crippen LogP contribution in [0.3, 0.4) is 0 Å². The lowest BCUT2D eigenvalue weighted by molar-refractivity contribution is -0.137. The van der Waals surface area contributed by atoms with Crippen LogP contribution in [0.2, 0.25) is 0 Å². The van der Waals surface area contributed by atoms with Crippen LogP contribution in [0.25, 0.3) is 0 Å². The number of hydrogen-bond acceptors (Lipinski definition) is 3. The van der Waals surface area contributed by atoms with Gasteiger partial charge in [-0.3, -0.25) is 4.79 Å². The molecule has 1 aliphatic carbocycles. The molecule has 0 radical (unpaired) electrons. The second kappa shape index (κ2) is 6.74. The summed E-state index contributed by atoms with van der Waals surface area (Å²) in [6.07, 6.45) is 4.86. The number of carboxylic acid groups (broad SMARTS) is 1. The van der Waals surface area contributed by atoms with Crippen molar-refractivity contribution in [3.8, 4) is 0 Å². The minimum absolute atomic E-state index is 0.0147. The van der Waals surface area contributed by atoms with Gasteiger partial charge in [-0.1, -0.05) is 6.08 Å². The Morgan fingerprint density at radius 1 is 1.50 bits per heavy atom. The summed E-state index contributed by atoms with van der Waals surface area (Å²) >= 11 is 0. The van der Waals surface area contributed by atoms with Crippen molar-refractivity contribution in [2.75, 3.05) is 33.4 Å². The maximum atomic E-state index is 12.5. The zero-order valence-corrected chi connectivity index (χ0v) is 11.9. The number of rotatable bonds is 6. The molecular weight excluding hydrogens is 260 g/mol. The highest BCUT2D eigenvalue weighted by atomic mass is 16.5. The summed E-state index contributed by atoms with van der Waals surface area (Å²) in [7, 11) is 1.67. The fraction of sp³-hybridized carbons (Fsp3) is 0.714. The number of aliphatic carboxylic acids is 1. The third kappa shape index (κ3) is 3.96. The van der Waals surface area contributed by atoms with Gasteiger partial charge in [0.1, 0.15) is 0 Å². The summed E-state index contributed by atoms with van der Waals surface area (Å²) in [6, 6.07) is 0.215. The number of carbonyl (C=O) groups excluding carboxylic acids is 1. The Balaban J connectivity index is 1.90. The first-order chi connectivity index (χ1) is 9.61. The average molecular weight is 282 g/mol. The van der Waals surface area contributed by atoms with Gasteiger partial charge in [0.05, 0.1) is 13.0 Å². The number of hydrogen-bond donors (Lipinski definition) is 1. The van der Waals surface area contributed by atoms with E-state index in [0.717, 1.165) is 19.3 Å². The second-order valence-electron chi connectivity index (χ2n) is 5.34. The predicted molar refractivity (Wildman–Crippen MR) is 73.5 cm³/mol. The van der Waals surface area contributed by atoms with Crippen molar-refractivity contribution in [2.24, 2.45) is 0 Å². The lowest BCUT2D eigenvalue weighted by atomic mass is 10.1. The molecule has 0 unspecified atom stereocenters. The molecule has 1 fully saturated rings. The molecule has 1 heterocycles. The Bertz CT molecular complexity index is 404. The molecule has 2 amide bonds. The Morgan fingerprint density at radius 3 is 2.75 bits per heavy atom. The molecule has 1 saturated carbocycles. The van der Waals surface area contributed by atoms with Crippen LogP contribution in [0, 0.1) is 0 Å². The van der Waals surface area contributed by atoms with Crippen molar-refractivity contribution in [3.63, 3.8) is 0 Å². The van der Waals surface area contributed by atoms with Gasteiger partial charge in [-0.2, -0.15) is 0 Å². The molecule has 0 saturated heterocycles. The van der Waals surface area contributed by atoms with E-state index in [1.807, 2.05) is 6.08 Å². The number of methoxy groups -OCH3 is 1. The zero-order chi connectivity index (χ0) is 14.5. The monoisotopic (exact) mass is 282 g/mol. The first-order valence-electron chi connectivity index (χ1n) is 7.06. The summed E-state index contributed by atoms with van der Waals surface area (Å²) in [5.74, 6) is -0.857. The smallest absolute Gasteiger partial charge is 0.320 e. The van der Waals surface area contributed by atoms with E-state index in [9.17, 15) is 9.59 Å². The summed E-state index contributed by atoms with van der Waals surface area (Å²) in [6.45, 7) is 2.20. The second-order valence-corrected chi connectivity index (χ2v) is 5.34. The van der Waals surface area contributed by atoms with Crippen LogP contribution >= 0.6 is 0 Å². The first-order valence-corrected chi connectivity index (χ1v) is 7.06. The van der Waals surface area contributed by atoms with E-state index in [-0.39, 0.29) is 18.5 Å². The van der Waals surface area contributed by atoms with Gasteiger partial charge < -0.3 is 19.6 Å². The molecule has 6 nitrogen and oxygen atoms in total. The molecule has 0 aromatic carbocycles. The van der Waals surface area contributed by atoms with E-state index >= 15 is 0 Å². The molecule has 0 aromatic rings. The van der Waals surface area contributed by atoms with Crippen LogP contribution in [-0.2, 0) is 9.53 Å². The Morgan fingerprint density at radius 2 is 2.25 bits per heavy atom. The van der Waals surface area contributed by atoms with E-state index in [1.165, 1.54) is 5.57 Å².